The molecule has 4 rings (SSSR count). The third kappa shape index (κ3) is 4.34. The summed E-state index contributed by atoms with van der Waals surface area (Å²) in [5.74, 6) is 0.796. The van der Waals surface area contributed by atoms with Gasteiger partial charge in [-0.2, -0.15) is 0 Å². The van der Waals surface area contributed by atoms with Crippen molar-refractivity contribution in [2.45, 2.75) is 6.42 Å². The normalized spacial score (nSPS) is 19.5. The molecule has 1 aromatic heterocycles. The summed E-state index contributed by atoms with van der Waals surface area (Å²) in [7, 11) is 1.64. The Morgan fingerprint density at radius 2 is 1.82 bits per heavy atom. The van der Waals surface area contributed by atoms with E-state index in [1.54, 1.807) is 7.11 Å². The fraction of sp³-hybridized carbons (Fsp3) is 0.550. The lowest BCUT2D eigenvalue weighted by Crippen LogP contribution is -2.48. The lowest BCUT2D eigenvalue weighted by atomic mass is 10.2. The van der Waals surface area contributed by atoms with Crippen molar-refractivity contribution in [1.82, 2.24) is 25.1 Å². The number of hydrogen-bond donors (Lipinski definition) is 1. The summed E-state index contributed by atoms with van der Waals surface area (Å²) < 4.78 is 5.38. The highest BCUT2D eigenvalue weighted by molar-refractivity contribution is 5.86. The van der Waals surface area contributed by atoms with Gasteiger partial charge in [0.25, 0.3) is 0 Å². The molecule has 1 N–H and O–H groups in total. The van der Waals surface area contributed by atoms with Crippen LogP contribution in [0.25, 0.3) is 10.9 Å². The molecule has 1 aromatic carbocycles. The molecule has 0 atom stereocenters. The molecule has 0 radical (unpaired) electrons. The van der Waals surface area contributed by atoms with Crippen LogP contribution in [0.3, 0.4) is 0 Å². The number of fused-ring (bicyclic) bond motifs is 1. The van der Waals surface area contributed by atoms with E-state index in [1.807, 2.05) is 6.07 Å². The second-order valence-corrected chi connectivity index (χ2v) is 7.35. The first-order valence-corrected chi connectivity index (χ1v) is 9.98. The number of nitrogens with zero attached hydrogens (tertiary/aromatic N) is 5. The Bertz CT molecular complexity index is 821. The molecule has 0 unspecified atom stereocenters. The van der Waals surface area contributed by atoms with Crippen molar-refractivity contribution < 1.29 is 9.53 Å². The van der Waals surface area contributed by atoms with E-state index in [9.17, 15) is 4.79 Å². The minimum absolute atomic E-state index is 0.175. The Hall–Kier alpha value is -2.45. The second-order valence-electron chi connectivity index (χ2n) is 7.35. The van der Waals surface area contributed by atoms with Gasteiger partial charge in [-0.3, -0.25) is 14.6 Å². The smallest absolute Gasteiger partial charge is 0.224 e. The highest BCUT2D eigenvalue weighted by atomic mass is 16.5. The predicted octanol–water partition coefficient (Wildman–Crippen LogP) is 0.582. The van der Waals surface area contributed by atoms with E-state index in [4.69, 9.17) is 4.74 Å². The SMILES string of the molecule is COc1ncnc2ccc(N3CCN(CCN4CCNC(=O)CC4)CC3)cc12. The number of piperazine rings is 1. The van der Waals surface area contributed by atoms with Crippen LogP contribution in [-0.4, -0.2) is 91.7 Å². The zero-order chi connectivity index (χ0) is 19.3. The second kappa shape index (κ2) is 8.70. The van der Waals surface area contributed by atoms with Gasteiger partial charge in [-0.25, -0.2) is 9.97 Å². The van der Waals surface area contributed by atoms with Crippen LogP contribution >= 0.6 is 0 Å². The maximum absolute atomic E-state index is 11.5. The number of methoxy groups -OCH3 is 1. The van der Waals surface area contributed by atoms with Crippen LogP contribution in [0.15, 0.2) is 24.5 Å². The van der Waals surface area contributed by atoms with Crippen molar-refractivity contribution in [3.05, 3.63) is 24.5 Å². The van der Waals surface area contributed by atoms with Crippen molar-refractivity contribution in [3.8, 4) is 5.88 Å². The van der Waals surface area contributed by atoms with Gasteiger partial charge in [0.1, 0.15) is 6.33 Å². The van der Waals surface area contributed by atoms with Gasteiger partial charge in [0.2, 0.25) is 11.8 Å². The molecule has 2 saturated heterocycles. The van der Waals surface area contributed by atoms with Crippen molar-refractivity contribution in [2.75, 3.05) is 70.9 Å². The zero-order valence-corrected chi connectivity index (χ0v) is 16.4. The quantitative estimate of drug-likeness (QED) is 0.808. The Labute approximate surface area is 165 Å². The van der Waals surface area contributed by atoms with E-state index < -0.39 is 0 Å². The van der Waals surface area contributed by atoms with E-state index >= 15 is 0 Å². The molecule has 28 heavy (non-hydrogen) atoms. The summed E-state index contributed by atoms with van der Waals surface area (Å²) in [5, 5.41) is 3.89. The standard InChI is InChI=1S/C20H28N6O2/c1-28-20-17-14-16(2-3-18(17)22-15-23-20)26-12-10-25(11-13-26)9-8-24-6-4-19(27)21-5-7-24/h2-3,14-15H,4-13H2,1H3,(H,21,27). The number of benzene rings is 1. The fourth-order valence-corrected chi connectivity index (χ4v) is 3.93. The van der Waals surface area contributed by atoms with Crippen LogP contribution in [-0.2, 0) is 4.79 Å². The molecule has 8 nitrogen and oxygen atoms in total. The highest BCUT2D eigenvalue weighted by Crippen LogP contribution is 2.27. The third-order valence-corrected chi connectivity index (χ3v) is 5.65. The molecular weight excluding hydrogens is 356 g/mol. The lowest BCUT2D eigenvalue weighted by molar-refractivity contribution is -0.120. The summed E-state index contributed by atoms with van der Waals surface area (Å²) >= 11 is 0. The summed E-state index contributed by atoms with van der Waals surface area (Å²) in [6.07, 6.45) is 2.15. The number of hydrogen-bond acceptors (Lipinski definition) is 7. The Balaban J connectivity index is 1.31. The first-order valence-electron chi connectivity index (χ1n) is 9.98. The number of nitrogens with one attached hydrogen (secondary N) is 1. The van der Waals surface area contributed by atoms with Gasteiger partial charge in [0.05, 0.1) is 18.0 Å². The number of rotatable bonds is 5. The molecule has 8 heteroatoms. The summed E-state index contributed by atoms with van der Waals surface area (Å²) in [6.45, 7) is 8.77. The zero-order valence-electron chi connectivity index (χ0n) is 16.4. The van der Waals surface area contributed by atoms with Gasteiger partial charge in [-0.05, 0) is 18.2 Å². The number of amides is 1. The minimum Gasteiger partial charge on any atom is -0.480 e. The van der Waals surface area contributed by atoms with Gasteiger partial charge in [0, 0.05) is 71.0 Å². The number of carbonyl (C=O) groups is 1. The largest absolute Gasteiger partial charge is 0.480 e. The van der Waals surface area contributed by atoms with Crippen LogP contribution in [0.4, 0.5) is 5.69 Å². The summed E-state index contributed by atoms with van der Waals surface area (Å²) in [4.78, 5) is 27.3. The first-order chi connectivity index (χ1) is 13.7. The van der Waals surface area contributed by atoms with Gasteiger partial charge in [-0.1, -0.05) is 0 Å². The fourth-order valence-electron chi connectivity index (χ4n) is 3.93. The van der Waals surface area contributed by atoms with Crippen molar-refractivity contribution in [1.29, 1.82) is 0 Å². The third-order valence-electron chi connectivity index (χ3n) is 5.65. The van der Waals surface area contributed by atoms with Crippen LogP contribution in [0.2, 0.25) is 0 Å². The van der Waals surface area contributed by atoms with E-state index in [0.29, 0.717) is 12.3 Å². The monoisotopic (exact) mass is 384 g/mol. The van der Waals surface area contributed by atoms with Gasteiger partial charge in [-0.15, -0.1) is 0 Å². The molecule has 0 bridgehead atoms. The van der Waals surface area contributed by atoms with E-state index in [0.717, 1.165) is 69.8 Å². The van der Waals surface area contributed by atoms with Gasteiger partial charge in [0.15, 0.2) is 0 Å². The number of aromatic nitrogens is 2. The Morgan fingerprint density at radius 3 is 2.61 bits per heavy atom. The molecule has 150 valence electrons. The van der Waals surface area contributed by atoms with Crippen molar-refractivity contribution in [3.63, 3.8) is 0 Å². The number of carbonyl (C=O) groups excluding carboxylic acids is 1. The first kappa shape index (κ1) is 18.9. The van der Waals surface area contributed by atoms with E-state index in [2.05, 4.69) is 42.1 Å². The van der Waals surface area contributed by atoms with Crippen LogP contribution in [0.1, 0.15) is 6.42 Å². The van der Waals surface area contributed by atoms with Crippen LogP contribution < -0.4 is 15.0 Å². The number of ether oxygens (including phenoxy) is 1. The Kier molecular flexibility index (Phi) is 5.87. The average molecular weight is 384 g/mol. The predicted molar refractivity (Wildman–Crippen MR) is 109 cm³/mol. The Morgan fingerprint density at radius 1 is 1.04 bits per heavy atom. The van der Waals surface area contributed by atoms with E-state index in [-0.39, 0.29) is 5.91 Å². The van der Waals surface area contributed by atoms with Gasteiger partial charge < -0.3 is 15.0 Å². The van der Waals surface area contributed by atoms with Crippen molar-refractivity contribution >= 4 is 22.5 Å². The molecule has 0 aliphatic carbocycles. The molecule has 2 aliphatic rings. The molecule has 0 spiro atoms. The highest BCUT2D eigenvalue weighted by Gasteiger charge is 2.19. The molecule has 0 saturated carbocycles. The molecule has 1 amide bonds. The van der Waals surface area contributed by atoms with Gasteiger partial charge >= 0.3 is 0 Å². The number of anilines is 1. The van der Waals surface area contributed by atoms with Crippen LogP contribution in [0, 0.1) is 0 Å². The average Bonchev–Trinajstić information content (AvgIpc) is 2.96. The maximum atomic E-state index is 11.5. The topological polar surface area (TPSA) is 73.8 Å². The van der Waals surface area contributed by atoms with E-state index in [1.165, 1.54) is 12.0 Å². The molecule has 2 aromatic rings. The summed E-state index contributed by atoms with van der Waals surface area (Å²) in [5.41, 5.74) is 2.09. The van der Waals surface area contributed by atoms with Crippen LogP contribution in [0.5, 0.6) is 5.88 Å². The summed E-state index contributed by atoms with van der Waals surface area (Å²) in [6, 6.07) is 6.30. The van der Waals surface area contributed by atoms with Crippen molar-refractivity contribution in [2.24, 2.45) is 0 Å². The molecule has 3 heterocycles. The molecule has 2 fully saturated rings. The lowest BCUT2D eigenvalue weighted by Gasteiger charge is -2.37. The molecule has 2 aliphatic heterocycles. The molecular formula is C20H28N6O2. The maximum Gasteiger partial charge on any atom is 0.224 e. The minimum atomic E-state index is 0.175.